The van der Waals surface area contributed by atoms with Crippen LogP contribution in [0.4, 0.5) is 4.39 Å². The SMILES string of the molecule is CCC(CC)(CBr)NC(=O)c1ccc(C)cc1F. The monoisotopic (exact) mass is 315 g/mol. The average molecular weight is 316 g/mol. The Morgan fingerprint density at radius 3 is 2.44 bits per heavy atom. The van der Waals surface area contributed by atoms with Crippen molar-refractivity contribution in [2.45, 2.75) is 39.2 Å². The number of nitrogens with one attached hydrogen (secondary N) is 1. The minimum atomic E-state index is -0.469. The second kappa shape index (κ2) is 6.32. The Bertz CT molecular complexity index is 422. The average Bonchev–Trinajstić information content (AvgIpc) is 2.36. The molecule has 0 spiro atoms. The lowest BCUT2D eigenvalue weighted by molar-refractivity contribution is 0.0899. The van der Waals surface area contributed by atoms with Crippen molar-refractivity contribution in [3.05, 3.63) is 35.1 Å². The largest absolute Gasteiger partial charge is 0.346 e. The fourth-order valence-corrected chi connectivity index (χ4v) is 2.69. The highest BCUT2D eigenvalue weighted by Crippen LogP contribution is 2.19. The van der Waals surface area contributed by atoms with E-state index >= 15 is 0 Å². The molecule has 0 unspecified atom stereocenters. The Hall–Kier alpha value is -0.900. The molecule has 0 bridgehead atoms. The van der Waals surface area contributed by atoms with E-state index in [0.29, 0.717) is 5.33 Å². The summed E-state index contributed by atoms with van der Waals surface area (Å²) < 4.78 is 13.7. The smallest absolute Gasteiger partial charge is 0.254 e. The minimum Gasteiger partial charge on any atom is -0.346 e. The fraction of sp³-hybridized carbons (Fsp3) is 0.500. The molecule has 0 saturated carbocycles. The molecule has 2 nitrogen and oxygen atoms in total. The number of hydrogen-bond acceptors (Lipinski definition) is 1. The third-order valence-electron chi connectivity index (χ3n) is 3.36. The minimum absolute atomic E-state index is 0.104. The van der Waals surface area contributed by atoms with Crippen molar-refractivity contribution in [2.24, 2.45) is 0 Å². The van der Waals surface area contributed by atoms with E-state index in [1.165, 1.54) is 12.1 Å². The molecular weight excluding hydrogens is 297 g/mol. The molecule has 0 aliphatic carbocycles. The Morgan fingerprint density at radius 1 is 1.39 bits per heavy atom. The van der Waals surface area contributed by atoms with Crippen molar-refractivity contribution in [1.29, 1.82) is 0 Å². The van der Waals surface area contributed by atoms with Gasteiger partial charge in [-0.3, -0.25) is 4.79 Å². The number of amides is 1. The zero-order chi connectivity index (χ0) is 13.8. The van der Waals surface area contributed by atoms with E-state index in [4.69, 9.17) is 0 Å². The fourth-order valence-electron chi connectivity index (χ4n) is 1.76. The molecule has 0 atom stereocenters. The molecule has 0 heterocycles. The van der Waals surface area contributed by atoms with E-state index in [0.717, 1.165) is 18.4 Å². The molecule has 0 saturated heterocycles. The van der Waals surface area contributed by atoms with Crippen molar-refractivity contribution < 1.29 is 9.18 Å². The topological polar surface area (TPSA) is 29.1 Å². The Balaban J connectivity index is 2.94. The van der Waals surface area contributed by atoms with Crippen molar-refractivity contribution in [3.63, 3.8) is 0 Å². The summed E-state index contributed by atoms with van der Waals surface area (Å²) in [5, 5.41) is 3.59. The van der Waals surface area contributed by atoms with Gasteiger partial charge in [-0.15, -0.1) is 0 Å². The van der Waals surface area contributed by atoms with E-state index in [1.807, 2.05) is 13.8 Å². The van der Waals surface area contributed by atoms with Crippen LogP contribution >= 0.6 is 15.9 Å². The third kappa shape index (κ3) is 3.31. The lowest BCUT2D eigenvalue weighted by Crippen LogP contribution is -2.49. The molecule has 1 N–H and O–H groups in total. The zero-order valence-electron chi connectivity index (χ0n) is 11.0. The first-order chi connectivity index (χ1) is 8.48. The maximum absolute atomic E-state index is 13.7. The number of carbonyl (C=O) groups is 1. The number of aryl methyl sites for hydroxylation is 1. The molecule has 1 aromatic carbocycles. The summed E-state index contributed by atoms with van der Waals surface area (Å²) in [5.74, 6) is -0.821. The van der Waals surface area contributed by atoms with Crippen LogP contribution < -0.4 is 5.32 Å². The maximum atomic E-state index is 13.7. The van der Waals surface area contributed by atoms with Crippen LogP contribution in [0, 0.1) is 12.7 Å². The molecule has 0 aliphatic heterocycles. The summed E-state index contributed by atoms with van der Waals surface area (Å²) in [7, 11) is 0. The van der Waals surface area contributed by atoms with Crippen LogP contribution in [0.2, 0.25) is 0 Å². The first-order valence-electron chi connectivity index (χ1n) is 6.12. The lowest BCUT2D eigenvalue weighted by Gasteiger charge is -2.31. The first-order valence-corrected chi connectivity index (χ1v) is 7.24. The normalized spacial score (nSPS) is 11.4. The van der Waals surface area contributed by atoms with Gasteiger partial charge in [-0.05, 0) is 37.5 Å². The summed E-state index contributed by atoms with van der Waals surface area (Å²) in [6.45, 7) is 5.82. The number of benzene rings is 1. The molecule has 0 fully saturated rings. The standard InChI is InChI=1S/C14H19BrFNO/c1-4-14(5-2,9-15)17-13(18)11-7-6-10(3)8-12(11)16/h6-8H,4-5,9H2,1-3H3,(H,17,18). The molecule has 18 heavy (non-hydrogen) atoms. The van der Waals surface area contributed by atoms with Crippen LogP contribution in [-0.4, -0.2) is 16.8 Å². The summed E-state index contributed by atoms with van der Waals surface area (Å²) in [6.07, 6.45) is 1.60. The van der Waals surface area contributed by atoms with Crippen molar-refractivity contribution in [1.82, 2.24) is 5.32 Å². The second-order valence-corrected chi connectivity index (χ2v) is 5.12. The summed E-state index contributed by atoms with van der Waals surface area (Å²) in [6, 6.07) is 4.65. The van der Waals surface area contributed by atoms with Gasteiger partial charge in [0.25, 0.3) is 5.91 Å². The van der Waals surface area contributed by atoms with Gasteiger partial charge < -0.3 is 5.32 Å². The van der Waals surface area contributed by atoms with Gasteiger partial charge in [-0.25, -0.2) is 4.39 Å². The van der Waals surface area contributed by atoms with E-state index < -0.39 is 5.82 Å². The molecule has 1 rings (SSSR count). The number of hydrogen-bond donors (Lipinski definition) is 1. The highest BCUT2D eigenvalue weighted by molar-refractivity contribution is 9.09. The van der Waals surface area contributed by atoms with Crippen LogP contribution in [0.15, 0.2) is 18.2 Å². The third-order valence-corrected chi connectivity index (χ3v) is 4.43. The molecule has 1 aromatic rings. The molecule has 4 heteroatoms. The Morgan fingerprint density at radius 2 is 2.00 bits per heavy atom. The predicted molar refractivity (Wildman–Crippen MR) is 75.7 cm³/mol. The highest BCUT2D eigenvalue weighted by atomic mass is 79.9. The number of halogens is 2. The number of alkyl halides is 1. The molecule has 0 aromatic heterocycles. The Labute approximate surface area is 116 Å². The van der Waals surface area contributed by atoms with E-state index in [2.05, 4.69) is 21.2 Å². The zero-order valence-corrected chi connectivity index (χ0v) is 12.6. The number of rotatable bonds is 5. The Kier molecular flexibility index (Phi) is 5.32. The van der Waals surface area contributed by atoms with Crippen LogP contribution in [-0.2, 0) is 0 Å². The van der Waals surface area contributed by atoms with Crippen molar-refractivity contribution in [2.75, 3.05) is 5.33 Å². The van der Waals surface area contributed by atoms with Gasteiger partial charge in [0.15, 0.2) is 0 Å². The van der Waals surface area contributed by atoms with Crippen LogP contribution in [0.5, 0.6) is 0 Å². The van der Waals surface area contributed by atoms with Gasteiger partial charge in [-0.2, -0.15) is 0 Å². The van der Waals surface area contributed by atoms with E-state index in [1.54, 1.807) is 13.0 Å². The van der Waals surface area contributed by atoms with Crippen LogP contribution in [0.3, 0.4) is 0 Å². The molecule has 0 radical (unpaired) electrons. The van der Waals surface area contributed by atoms with Crippen LogP contribution in [0.1, 0.15) is 42.6 Å². The first kappa shape index (κ1) is 15.2. The van der Waals surface area contributed by atoms with Gasteiger partial charge in [0.1, 0.15) is 5.82 Å². The van der Waals surface area contributed by atoms with Gasteiger partial charge in [0.05, 0.1) is 5.56 Å². The predicted octanol–water partition coefficient (Wildman–Crippen LogP) is 3.82. The van der Waals surface area contributed by atoms with Gasteiger partial charge in [-0.1, -0.05) is 35.8 Å². The highest BCUT2D eigenvalue weighted by Gasteiger charge is 2.28. The number of carbonyl (C=O) groups excluding carboxylic acids is 1. The quantitative estimate of drug-likeness (QED) is 0.822. The van der Waals surface area contributed by atoms with Gasteiger partial charge >= 0.3 is 0 Å². The molecular formula is C14H19BrFNO. The van der Waals surface area contributed by atoms with Crippen molar-refractivity contribution in [3.8, 4) is 0 Å². The second-order valence-electron chi connectivity index (χ2n) is 4.56. The van der Waals surface area contributed by atoms with E-state index in [9.17, 15) is 9.18 Å². The molecule has 1 amide bonds. The summed E-state index contributed by atoms with van der Waals surface area (Å²) in [4.78, 5) is 12.1. The van der Waals surface area contributed by atoms with Gasteiger partial charge in [0.2, 0.25) is 0 Å². The molecule has 100 valence electrons. The molecule has 0 aliphatic rings. The summed E-state index contributed by atoms with van der Waals surface area (Å²) in [5.41, 5.74) is 0.601. The van der Waals surface area contributed by atoms with Gasteiger partial charge in [0, 0.05) is 10.9 Å². The van der Waals surface area contributed by atoms with Crippen molar-refractivity contribution >= 4 is 21.8 Å². The lowest BCUT2D eigenvalue weighted by atomic mass is 9.95. The summed E-state index contributed by atoms with van der Waals surface area (Å²) >= 11 is 3.42. The van der Waals surface area contributed by atoms with Crippen LogP contribution in [0.25, 0.3) is 0 Å². The maximum Gasteiger partial charge on any atom is 0.254 e. The van der Waals surface area contributed by atoms with E-state index in [-0.39, 0.29) is 17.0 Å².